The molecule has 0 unspecified atom stereocenters. The van der Waals surface area contributed by atoms with Crippen LogP contribution in [0.25, 0.3) is 16.7 Å². The Balaban J connectivity index is 1.66. The van der Waals surface area contributed by atoms with E-state index in [1.165, 1.54) is 19.1 Å². The van der Waals surface area contributed by atoms with Gasteiger partial charge in [-0.3, -0.25) is 9.89 Å². The molecule has 4 rings (SSSR count). The Morgan fingerprint density at radius 1 is 1.13 bits per heavy atom. The normalized spacial score (nSPS) is 11.6. The number of aromatic nitrogens is 6. The van der Waals surface area contributed by atoms with Crippen LogP contribution in [0.15, 0.2) is 36.4 Å². The highest BCUT2D eigenvalue weighted by atomic mass is 19.4. The molecular formula is C18H12F3N7O3. The van der Waals surface area contributed by atoms with E-state index in [2.05, 4.69) is 25.5 Å². The molecule has 0 aliphatic heterocycles. The third-order valence-corrected chi connectivity index (χ3v) is 4.27. The number of alkyl halides is 3. The lowest BCUT2D eigenvalue weighted by Gasteiger charge is -2.09. The smallest absolute Gasteiger partial charge is 0.451 e. The molecule has 0 saturated carbocycles. The second kappa shape index (κ2) is 7.19. The van der Waals surface area contributed by atoms with E-state index < -0.39 is 35.6 Å². The number of hydrogen-bond donors (Lipinski definition) is 3. The van der Waals surface area contributed by atoms with Crippen LogP contribution in [0.4, 0.5) is 18.9 Å². The van der Waals surface area contributed by atoms with Gasteiger partial charge in [0.25, 0.3) is 11.9 Å². The van der Waals surface area contributed by atoms with E-state index in [9.17, 15) is 27.9 Å². The highest BCUT2D eigenvalue weighted by Gasteiger charge is 2.35. The monoisotopic (exact) mass is 431 g/mol. The van der Waals surface area contributed by atoms with Gasteiger partial charge < -0.3 is 10.4 Å². The number of carboxylic acid groups (broad SMARTS) is 1. The molecule has 0 aliphatic carbocycles. The maximum absolute atomic E-state index is 12.7. The van der Waals surface area contributed by atoms with Gasteiger partial charge in [0, 0.05) is 0 Å². The number of aromatic carboxylic acids is 1. The minimum Gasteiger partial charge on any atom is -0.478 e. The average molecular weight is 431 g/mol. The van der Waals surface area contributed by atoms with E-state index in [1.54, 1.807) is 29.4 Å². The Kier molecular flexibility index (Phi) is 4.64. The summed E-state index contributed by atoms with van der Waals surface area (Å²) in [6.07, 6.45) is -4.73. The zero-order valence-electron chi connectivity index (χ0n) is 15.6. The van der Waals surface area contributed by atoms with E-state index in [-0.39, 0.29) is 17.1 Å². The van der Waals surface area contributed by atoms with Crippen LogP contribution in [0, 0.1) is 6.92 Å². The Morgan fingerprint density at radius 2 is 1.81 bits per heavy atom. The number of rotatable bonds is 4. The molecule has 31 heavy (non-hydrogen) atoms. The summed E-state index contributed by atoms with van der Waals surface area (Å²) in [7, 11) is 0. The fraction of sp³-hybridized carbons (Fsp3) is 0.111. The lowest BCUT2D eigenvalue weighted by atomic mass is 10.0. The van der Waals surface area contributed by atoms with Crippen LogP contribution < -0.4 is 5.32 Å². The van der Waals surface area contributed by atoms with Gasteiger partial charge in [-0.2, -0.15) is 22.8 Å². The maximum atomic E-state index is 12.7. The number of aromatic amines is 1. The Labute approximate surface area is 170 Å². The van der Waals surface area contributed by atoms with Gasteiger partial charge >= 0.3 is 12.1 Å². The molecule has 4 aromatic rings. The number of amides is 1. The van der Waals surface area contributed by atoms with Crippen LogP contribution in [0.2, 0.25) is 0 Å². The van der Waals surface area contributed by atoms with Gasteiger partial charge in [-0.1, -0.05) is 24.3 Å². The lowest BCUT2D eigenvalue weighted by molar-refractivity contribution is -0.144. The number of H-pyrrole nitrogens is 1. The number of halogens is 3. The number of hydrogen-bond acceptors (Lipinski definition) is 6. The summed E-state index contributed by atoms with van der Waals surface area (Å²) in [6.45, 7) is 1.39. The summed E-state index contributed by atoms with van der Waals surface area (Å²) in [6, 6.07) is 9.88. The fourth-order valence-corrected chi connectivity index (χ4v) is 2.85. The zero-order chi connectivity index (χ0) is 22.3. The molecule has 0 fully saturated rings. The molecule has 0 radical (unpaired) electrons. The third-order valence-electron chi connectivity index (χ3n) is 4.27. The number of nitrogens with one attached hydrogen (secondary N) is 2. The van der Waals surface area contributed by atoms with Gasteiger partial charge in [0.1, 0.15) is 5.82 Å². The number of fused-ring (bicyclic) bond motifs is 1. The first kappa shape index (κ1) is 20.0. The molecule has 0 atom stereocenters. The number of carbonyl (C=O) groups is 2. The average Bonchev–Trinajstić information content (AvgIpc) is 3.34. The van der Waals surface area contributed by atoms with Gasteiger partial charge in [-0.15, -0.1) is 10.2 Å². The van der Waals surface area contributed by atoms with Crippen molar-refractivity contribution in [2.45, 2.75) is 13.1 Å². The minimum atomic E-state index is -4.73. The van der Waals surface area contributed by atoms with E-state index in [0.29, 0.717) is 10.8 Å². The lowest BCUT2D eigenvalue weighted by Crippen LogP contribution is -2.17. The molecular weight excluding hydrogens is 419 g/mol. The van der Waals surface area contributed by atoms with Crippen LogP contribution in [-0.4, -0.2) is 46.9 Å². The zero-order valence-corrected chi connectivity index (χ0v) is 15.6. The van der Waals surface area contributed by atoms with Crippen LogP contribution in [0.3, 0.4) is 0 Å². The van der Waals surface area contributed by atoms with E-state index >= 15 is 0 Å². The second-order valence-electron chi connectivity index (χ2n) is 6.38. The molecule has 2 heterocycles. The van der Waals surface area contributed by atoms with Crippen molar-refractivity contribution < 1.29 is 27.9 Å². The second-order valence-corrected chi connectivity index (χ2v) is 6.38. The maximum Gasteiger partial charge on any atom is 0.451 e. The molecule has 0 spiro atoms. The molecule has 3 N–H and O–H groups in total. The summed E-state index contributed by atoms with van der Waals surface area (Å²) < 4.78 is 39.0. The fourth-order valence-electron chi connectivity index (χ4n) is 2.85. The van der Waals surface area contributed by atoms with Crippen LogP contribution in [0.1, 0.15) is 32.6 Å². The van der Waals surface area contributed by atoms with Crippen molar-refractivity contribution in [2.75, 3.05) is 5.32 Å². The molecule has 10 nitrogen and oxygen atoms in total. The molecule has 0 saturated heterocycles. The van der Waals surface area contributed by atoms with Crippen molar-refractivity contribution in [1.82, 2.24) is 29.9 Å². The largest absolute Gasteiger partial charge is 0.478 e. The van der Waals surface area contributed by atoms with E-state index in [1.807, 2.05) is 0 Å². The predicted molar refractivity (Wildman–Crippen MR) is 99.9 cm³/mol. The van der Waals surface area contributed by atoms with Crippen molar-refractivity contribution in [3.05, 3.63) is 59.4 Å². The summed E-state index contributed by atoms with van der Waals surface area (Å²) in [5, 5.41) is 22.3. The van der Waals surface area contributed by atoms with Crippen molar-refractivity contribution in [3.8, 4) is 5.95 Å². The van der Waals surface area contributed by atoms with Crippen molar-refractivity contribution in [3.63, 3.8) is 0 Å². The summed E-state index contributed by atoms with van der Waals surface area (Å²) >= 11 is 0. The highest BCUT2D eigenvalue weighted by Crippen LogP contribution is 2.27. The van der Waals surface area contributed by atoms with Crippen LogP contribution >= 0.6 is 0 Å². The van der Waals surface area contributed by atoms with Gasteiger partial charge in [0.05, 0.1) is 11.3 Å². The van der Waals surface area contributed by atoms with Crippen molar-refractivity contribution in [1.29, 1.82) is 0 Å². The van der Waals surface area contributed by atoms with Gasteiger partial charge in [-0.05, 0) is 29.8 Å². The topological polar surface area (TPSA) is 139 Å². The van der Waals surface area contributed by atoms with E-state index in [4.69, 9.17) is 0 Å². The minimum absolute atomic E-state index is 0.0162. The first-order chi connectivity index (χ1) is 14.6. The van der Waals surface area contributed by atoms with Crippen LogP contribution in [0.5, 0.6) is 0 Å². The standard InChI is InChI=1S/C18H12F3N7O3/c1-8-22-13(27-28(8)17-24-16(25-26-17)18(19,20)21)14(29)23-12-7-10-5-3-2-4-9(10)6-11(12)15(30)31/h2-7H,1H3,(H,23,29)(H,30,31)(H,24,25,26). The molecule has 0 bridgehead atoms. The quantitative estimate of drug-likeness (QED) is 0.452. The molecule has 2 aromatic heterocycles. The summed E-state index contributed by atoms with van der Waals surface area (Å²) in [4.78, 5) is 31.4. The van der Waals surface area contributed by atoms with Gasteiger partial charge in [-0.25, -0.2) is 9.78 Å². The number of carbonyl (C=O) groups excluding carboxylic acids is 1. The Hall–Kier alpha value is -4.29. The first-order valence-corrected chi connectivity index (χ1v) is 8.64. The number of aryl methyl sites for hydroxylation is 1. The Morgan fingerprint density at radius 3 is 2.42 bits per heavy atom. The summed E-state index contributed by atoms with van der Waals surface area (Å²) in [5.74, 6) is -4.24. The van der Waals surface area contributed by atoms with Crippen molar-refractivity contribution >= 4 is 28.3 Å². The predicted octanol–water partition coefficient (Wildman–Crippen LogP) is 2.82. The first-order valence-electron chi connectivity index (χ1n) is 8.64. The number of anilines is 1. The molecule has 1 amide bonds. The number of nitrogens with zero attached hydrogens (tertiary/aromatic N) is 5. The number of benzene rings is 2. The molecule has 13 heteroatoms. The van der Waals surface area contributed by atoms with Crippen LogP contribution in [-0.2, 0) is 6.18 Å². The van der Waals surface area contributed by atoms with Crippen molar-refractivity contribution in [2.24, 2.45) is 0 Å². The van der Waals surface area contributed by atoms with E-state index in [0.717, 1.165) is 4.68 Å². The number of carboxylic acids is 1. The van der Waals surface area contributed by atoms with Gasteiger partial charge in [0.15, 0.2) is 0 Å². The molecule has 158 valence electrons. The summed E-state index contributed by atoms with van der Waals surface area (Å²) in [5.41, 5.74) is -0.130. The molecule has 0 aliphatic rings. The van der Waals surface area contributed by atoms with Gasteiger partial charge in [0.2, 0.25) is 11.6 Å². The third kappa shape index (κ3) is 3.80. The highest BCUT2D eigenvalue weighted by molar-refractivity contribution is 6.08. The SMILES string of the molecule is Cc1nc(C(=O)Nc2cc3ccccc3cc2C(=O)O)nn1-c1n[nH]c(C(F)(F)F)n1. The molecule has 2 aromatic carbocycles. The Bertz CT molecular complexity index is 1330.